The van der Waals surface area contributed by atoms with Gasteiger partial charge in [0.1, 0.15) is 0 Å². The van der Waals surface area contributed by atoms with Crippen LogP contribution in [0.15, 0.2) is 18.5 Å². The Labute approximate surface area is 72.8 Å². The molecule has 1 aromatic rings. The molecule has 3 nitrogen and oxygen atoms in total. The zero-order chi connectivity index (χ0) is 8.81. The lowest BCUT2D eigenvalue weighted by Crippen LogP contribution is -2.22. The zero-order valence-corrected chi connectivity index (χ0v) is 7.38. The summed E-state index contributed by atoms with van der Waals surface area (Å²) in [4.78, 5) is 2.99. The molecule has 12 heavy (non-hydrogen) atoms. The van der Waals surface area contributed by atoms with Crippen LogP contribution in [-0.4, -0.2) is 23.2 Å². The molecule has 3 N–H and O–H groups in total. The van der Waals surface area contributed by atoms with Crippen molar-refractivity contribution in [2.75, 3.05) is 13.2 Å². The number of hydrogen-bond acceptors (Lipinski definition) is 2. The van der Waals surface area contributed by atoms with Gasteiger partial charge < -0.3 is 15.4 Å². The first-order valence-corrected chi connectivity index (χ1v) is 4.26. The number of aliphatic hydroxyl groups is 1. The van der Waals surface area contributed by atoms with Crippen LogP contribution in [0.3, 0.4) is 0 Å². The van der Waals surface area contributed by atoms with Crippen LogP contribution in [0.1, 0.15) is 12.5 Å². The molecular weight excluding hydrogens is 152 g/mol. The summed E-state index contributed by atoms with van der Waals surface area (Å²) < 4.78 is 0. The molecule has 0 radical (unpaired) electrons. The minimum Gasteiger partial charge on any atom is -0.396 e. The van der Waals surface area contributed by atoms with Crippen molar-refractivity contribution in [3.63, 3.8) is 0 Å². The van der Waals surface area contributed by atoms with Gasteiger partial charge in [0.05, 0.1) is 0 Å². The molecule has 0 amide bonds. The van der Waals surface area contributed by atoms with Crippen molar-refractivity contribution < 1.29 is 5.11 Å². The molecule has 0 aliphatic rings. The van der Waals surface area contributed by atoms with E-state index in [0.717, 1.165) is 13.1 Å². The molecule has 3 heteroatoms. The van der Waals surface area contributed by atoms with Gasteiger partial charge in [-0.15, -0.1) is 0 Å². The zero-order valence-electron chi connectivity index (χ0n) is 7.38. The number of aromatic nitrogens is 1. The van der Waals surface area contributed by atoms with Crippen molar-refractivity contribution in [1.82, 2.24) is 10.3 Å². The molecule has 0 spiro atoms. The van der Waals surface area contributed by atoms with Gasteiger partial charge in [0, 0.05) is 32.1 Å². The van der Waals surface area contributed by atoms with Crippen molar-refractivity contribution >= 4 is 0 Å². The van der Waals surface area contributed by atoms with Gasteiger partial charge in [-0.2, -0.15) is 0 Å². The highest BCUT2D eigenvalue weighted by molar-refractivity contribution is 5.07. The first-order chi connectivity index (χ1) is 5.83. The Morgan fingerprint density at radius 3 is 3.08 bits per heavy atom. The van der Waals surface area contributed by atoms with E-state index in [9.17, 15) is 0 Å². The van der Waals surface area contributed by atoms with Crippen LogP contribution < -0.4 is 5.32 Å². The maximum atomic E-state index is 8.75. The fraction of sp³-hybridized carbons (Fsp3) is 0.556. The van der Waals surface area contributed by atoms with E-state index in [1.165, 1.54) is 5.56 Å². The van der Waals surface area contributed by atoms with E-state index in [1.807, 2.05) is 25.4 Å². The van der Waals surface area contributed by atoms with Crippen molar-refractivity contribution in [3.8, 4) is 0 Å². The third kappa shape index (κ3) is 3.07. The van der Waals surface area contributed by atoms with Gasteiger partial charge in [0.2, 0.25) is 0 Å². The second-order valence-corrected chi connectivity index (χ2v) is 3.14. The highest BCUT2D eigenvalue weighted by Crippen LogP contribution is 1.96. The lowest BCUT2D eigenvalue weighted by molar-refractivity contribution is 0.233. The van der Waals surface area contributed by atoms with Gasteiger partial charge in [0.25, 0.3) is 0 Å². The molecule has 0 aliphatic heterocycles. The molecule has 0 saturated carbocycles. The van der Waals surface area contributed by atoms with Gasteiger partial charge in [-0.05, 0) is 17.5 Å². The minimum atomic E-state index is 0.250. The first-order valence-electron chi connectivity index (χ1n) is 4.26. The predicted octanol–water partition coefficient (Wildman–Crippen LogP) is 0.733. The van der Waals surface area contributed by atoms with Crippen LogP contribution >= 0.6 is 0 Å². The van der Waals surface area contributed by atoms with E-state index in [0.29, 0.717) is 5.92 Å². The van der Waals surface area contributed by atoms with Crippen LogP contribution in [0.2, 0.25) is 0 Å². The average molecular weight is 168 g/mol. The standard InChI is InChI=1S/C9H16N2O/c1-8(7-12)4-11-6-9-2-3-10-5-9/h2-3,5,8,10-12H,4,6-7H2,1H3. The Bertz CT molecular complexity index is 196. The number of nitrogens with one attached hydrogen (secondary N) is 2. The molecule has 1 atom stereocenters. The lowest BCUT2D eigenvalue weighted by atomic mass is 10.2. The van der Waals surface area contributed by atoms with Gasteiger partial charge in [0.15, 0.2) is 0 Å². The quantitative estimate of drug-likeness (QED) is 0.607. The third-order valence-corrected chi connectivity index (χ3v) is 1.80. The molecule has 1 heterocycles. The summed E-state index contributed by atoms with van der Waals surface area (Å²) in [7, 11) is 0. The summed E-state index contributed by atoms with van der Waals surface area (Å²) in [5.74, 6) is 0.337. The maximum Gasteiger partial charge on any atom is 0.0468 e. The van der Waals surface area contributed by atoms with E-state index < -0.39 is 0 Å². The highest BCUT2D eigenvalue weighted by Gasteiger charge is 1.98. The Morgan fingerprint density at radius 1 is 1.67 bits per heavy atom. The van der Waals surface area contributed by atoms with Crippen LogP contribution in [-0.2, 0) is 6.54 Å². The Morgan fingerprint density at radius 2 is 2.50 bits per heavy atom. The maximum absolute atomic E-state index is 8.75. The second-order valence-electron chi connectivity index (χ2n) is 3.14. The topological polar surface area (TPSA) is 48.0 Å². The molecule has 1 aromatic heterocycles. The molecule has 1 rings (SSSR count). The Hall–Kier alpha value is -0.800. The van der Waals surface area contributed by atoms with Crippen molar-refractivity contribution in [1.29, 1.82) is 0 Å². The number of H-pyrrole nitrogens is 1. The molecule has 0 saturated heterocycles. The smallest absolute Gasteiger partial charge is 0.0468 e. The summed E-state index contributed by atoms with van der Waals surface area (Å²) in [5.41, 5.74) is 1.25. The van der Waals surface area contributed by atoms with Gasteiger partial charge in [-0.3, -0.25) is 0 Å². The summed E-state index contributed by atoms with van der Waals surface area (Å²) in [6.07, 6.45) is 3.88. The van der Waals surface area contributed by atoms with Gasteiger partial charge in [-0.25, -0.2) is 0 Å². The summed E-state index contributed by atoms with van der Waals surface area (Å²) in [5, 5.41) is 12.0. The molecule has 1 unspecified atom stereocenters. The van der Waals surface area contributed by atoms with Crippen molar-refractivity contribution in [3.05, 3.63) is 24.0 Å². The van der Waals surface area contributed by atoms with Crippen LogP contribution in [0.25, 0.3) is 0 Å². The molecule has 0 aromatic carbocycles. The Kier molecular flexibility index (Phi) is 3.84. The Balaban J connectivity index is 2.11. The van der Waals surface area contributed by atoms with Crippen LogP contribution in [0, 0.1) is 5.92 Å². The largest absolute Gasteiger partial charge is 0.396 e. The SMILES string of the molecule is CC(CO)CNCc1cc[nH]c1. The highest BCUT2D eigenvalue weighted by atomic mass is 16.3. The van der Waals surface area contributed by atoms with Crippen LogP contribution in [0.4, 0.5) is 0 Å². The summed E-state index contributed by atoms with van der Waals surface area (Å²) in [6.45, 7) is 4.00. The third-order valence-electron chi connectivity index (χ3n) is 1.80. The van der Waals surface area contributed by atoms with Crippen molar-refractivity contribution in [2.24, 2.45) is 5.92 Å². The molecule has 0 fully saturated rings. The van der Waals surface area contributed by atoms with E-state index in [4.69, 9.17) is 5.11 Å². The number of aromatic amines is 1. The van der Waals surface area contributed by atoms with E-state index in [1.54, 1.807) is 0 Å². The number of rotatable bonds is 5. The monoisotopic (exact) mass is 168 g/mol. The molecular formula is C9H16N2O. The van der Waals surface area contributed by atoms with Crippen LogP contribution in [0.5, 0.6) is 0 Å². The van der Waals surface area contributed by atoms with E-state index in [2.05, 4.69) is 10.3 Å². The molecule has 0 aliphatic carbocycles. The molecule has 68 valence electrons. The fourth-order valence-corrected chi connectivity index (χ4v) is 0.996. The predicted molar refractivity (Wildman–Crippen MR) is 48.7 cm³/mol. The summed E-state index contributed by atoms with van der Waals surface area (Å²) >= 11 is 0. The molecule has 0 bridgehead atoms. The second kappa shape index (κ2) is 4.95. The lowest BCUT2D eigenvalue weighted by Gasteiger charge is -2.07. The number of hydrogen-bond donors (Lipinski definition) is 3. The van der Waals surface area contributed by atoms with E-state index in [-0.39, 0.29) is 6.61 Å². The summed E-state index contributed by atoms with van der Waals surface area (Å²) in [6, 6.07) is 2.04. The first kappa shape index (κ1) is 9.29. The van der Waals surface area contributed by atoms with Gasteiger partial charge in [-0.1, -0.05) is 6.92 Å². The van der Waals surface area contributed by atoms with Gasteiger partial charge >= 0.3 is 0 Å². The minimum absolute atomic E-state index is 0.250. The van der Waals surface area contributed by atoms with E-state index >= 15 is 0 Å². The fourth-order valence-electron chi connectivity index (χ4n) is 0.996. The number of aliphatic hydroxyl groups excluding tert-OH is 1. The van der Waals surface area contributed by atoms with Crippen molar-refractivity contribution in [2.45, 2.75) is 13.5 Å². The average Bonchev–Trinajstić information content (AvgIpc) is 2.57. The normalized spacial score (nSPS) is 13.2.